The van der Waals surface area contributed by atoms with E-state index in [1.807, 2.05) is 26.0 Å². The summed E-state index contributed by atoms with van der Waals surface area (Å²) in [5.41, 5.74) is 0.907. The Morgan fingerprint density at radius 1 is 1.33 bits per heavy atom. The summed E-state index contributed by atoms with van der Waals surface area (Å²) < 4.78 is 25.9. The van der Waals surface area contributed by atoms with Gasteiger partial charge in [-0.1, -0.05) is 32.4 Å². The summed E-state index contributed by atoms with van der Waals surface area (Å²) in [5, 5.41) is 2.98. The number of benzene rings is 1. The standard InChI is InChI=1S/C13H18BrNO2S/c1-3-6-11-12(15-4-2)9-7-5-8-10(14)13(9)18(11,16)17/h5,7-8,11-12,15H,3-4,6H2,1-2H3. The van der Waals surface area contributed by atoms with E-state index in [2.05, 4.69) is 21.2 Å². The molecule has 0 radical (unpaired) electrons. The first-order valence-corrected chi connectivity index (χ1v) is 8.63. The molecule has 0 spiro atoms. The maximum Gasteiger partial charge on any atom is 0.184 e. The van der Waals surface area contributed by atoms with Gasteiger partial charge < -0.3 is 5.32 Å². The fraction of sp³-hybridized carbons (Fsp3) is 0.538. The van der Waals surface area contributed by atoms with Crippen LogP contribution in [-0.2, 0) is 9.84 Å². The van der Waals surface area contributed by atoms with E-state index < -0.39 is 9.84 Å². The number of sulfone groups is 1. The molecule has 1 aromatic carbocycles. The van der Waals surface area contributed by atoms with Gasteiger partial charge in [0.2, 0.25) is 0 Å². The van der Waals surface area contributed by atoms with Crippen LogP contribution < -0.4 is 5.32 Å². The van der Waals surface area contributed by atoms with Gasteiger partial charge in [-0.2, -0.15) is 0 Å². The van der Waals surface area contributed by atoms with Gasteiger partial charge in [-0.3, -0.25) is 0 Å². The molecule has 0 saturated heterocycles. The molecule has 1 aliphatic heterocycles. The van der Waals surface area contributed by atoms with Gasteiger partial charge in [0.25, 0.3) is 0 Å². The molecule has 3 nitrogen and oxygen atoms in total. The van der Waals surface area contributed by atoms with Gasteiger partial charge in [-0.25, -0.2) is 8.42 Å². The van der Waals surface area contributed by atoms with Gasteiger partial charge in [0, 0.05) is 4.47 Å². The summed E-state index contributed by atoms with van der Waals surface area (Å²) in [5.74, 6) is 0. The van der Waals surface area contributed by atoms with Gasteiger partial charge in [0.15, 0.2) is 9.84 Å². The Morgan fingerprint density at radius 2 is 2.06 bits per heavy atom. The Morgan fingerprint density at radius 3 is 2.67 bits per heavy atom. The van der Waals surface area contributed by atoms with Gasteiger partial charge in [-0.15, -0.1) is 0 Å². The minimum Gasteiger partial charge on any atom is -0.309 e. The van der Waals surface area contributed by atoms with Gasteiger partial charge in [0.1, 0.15) is 0 Å². The van der Waals surface area contributed by atoms with Crippen molar-refractivity contribution in [1.29, 1.82) is 0 Å². The third-order valence-electron chi connectivity index (χ3n) is 3.38. The van der Waals surface area contributed by atoms with Crippen molar-refractivity contribution in [3.05, 3.63) is 28.2 Å². The molecule has 1 N–H and O–H groups in total. The van der Waals surface area contributed by atoms with Crippen LogP contribution in [0.5, 0.6) is 0 Å². The van der Waals surface area contributed by atoms with Crippen LogP contribution in [0.1, 0.15) is 38.3 Å². The number of rotatable bonds is 4. The van der Waals surface area contributed by atoms with Crippen molar-refractivity contribution in [2.24, 2.45) is 0 Å². The number of nitrogens with one attached hydrogen (secondary N) is 1. The van der Waals surface area contributed by atoms with Crippen molar-refractivity contribution in [3.8, 4) is 0 Å². The highest BCUT2D eigenvalue weighted by Crippen LogP contribution is 2.44. The normalized spacial score (nSPS) is 25.1. The number of hydrogen-bond donors (Lipinski definition) is 1. The average molecular weight is 332 g/mol. The third kappa shape index (κ3) is 2.12. The van der Waals surface area contributed by atoms with Crippen LogP contribution >= 0.6 is 15.9 Å². The molecular weight excluding hydrogens is 314 g/mol. The Labute approximate surface area is 117 Å². The average Bonchev–Trinajstić information content (AvgIpc) is 2.52. The molecule has 2 atom stereocenters. The molecule has 100 valence electrons. The van der Waals surface area contributed by atoms with E-state index >= 15 is 0 Å². The van der Waals surface area contributed by atoms with Crippen molar-refractivity contribution in [1.82, 2.24) is 5.32 Å². The number of hydrogen-bond acceptors (Lipinski definition) is 3. The summed E-state index contributed by atoms with van der Waals surface area (Å²) >= 11 is 3.37. The van der Waals surface area contributed by atoms with Crippen LogP contribution in [0.4, 0.5) is 0 Å². The first kappa shape index (κ1) is 14.0. The Kier molecular flexibility index (Phi) is 4.14. The fourth-order valence-electron chi connectivity index (χ4n) is 2.67. The topological polar surface area (TPSA) is 46.2 Å². The monoisotopic (exact) mass is 331 g/mol. The molecule has 5 heteroatoms. The van der Waals surface area contributed by atoms with Crippen molar-refractivity contribution < 1.29 is 8.42 Å². The second kappa shape index (κ2) is 5.31. The lowest BCUT2D eigenvalue weighted by Crippen LogP contribution is -2.31. The van der Waals surface area contributed by atoms with Crippen molar-refractivity contribution in [2.45, 2.75) is 42.9 Å². The van der Waals surface area contributed by atoms with E-state index in [4.69, 9.17) is 0 Å². The molecule has 0 aromatic heterocycles. The molecule has 0 amide bonds. The van der Waals surface area contributed by atoms with Gasteiger partial charge in [-0.05, 0) is 40.5 Å². The maximum atomic E-state index is 12.6. The van der Waals surface area contributed by atoms with Crippen LogP contribution in [0.2, 0.25) is 0 Å². The molecule has 0 bridgehead atoms. The van der Waals surface area contributed by atoms with E-state index in [9.17, 15) is 8.42 Å². The van der Waals surface area contributed by atoms with E-state index in [1.54, 1.807) is 6.07 Å². The lowest BCUT2D eigenvalue weighted by molar-refractivity contribution is 0.492. The van der Waals surface area contributed by atoms with E-state index in [0.29, 0.717) is 15.8 Å². The molecular formula is C13H18BrNO2S. The molecule has 2 rings (SSSR count). The molecule has 1 aromatic rings. The van der Waals surface area contributed by atoms with E-state index in [0.717, 1.165) is 18.5 Å². The van der Waals surface area contributed by atoms with Gasteiger partial charge in [0.05, 0.1) is 16.2 Å². The van der Waals surface area contributed by atoms with E-state index in [1.165, 1.54) is 0 Å². The Balaban J connectivity index is 2.59. The van der Waals surface area contributed by atoms with Crippen LogP contribution in [0, 0.1) is 0 Å². The molecule has 0 fully saturated rings. The number of halogens is 1. The largest absolute Gasteiger partial charge is 0.309 e. The molecule has 18 heavy (non-hydrogen) atoms. The molecule has 0 saturated carbocycles. The maximum absolute atomic E-state index is 12.6. The summed E-state index contributed by atoms with van der Waals surface area (Å²) in [6.07, 6.45) is 1.57. The minimum atomic E-state index is -3.22. The van der Waals surface area contributed by atoms with Crippen LogP contribution in [0.15, 0.2) is 27.6 Å². The first-order chi connectivity index (χ1) is 8.54. The SMILES string of the molecule is CCCC1C(NCC)c2cccc(Br)c2S1(=O)=O. The van der Waals surface area contributed by atoms with Crippen molar-refractivity contribution in [3.63, 3.8) is 0 Å². The predicted molar refractivity (Wildman–Crippen MR) is 76.4 cm³/mol. The zero-order chi connectivity index (χ0) is 13.3. The minimum absolute atomic E-state index is 0.0764. The summed E-state index contributed by atoms with van der Waals surface area (Å²) in [7, 11) is -3.22. The Bertz CT molecular complexity index is 542. The van der Waals surface area contributed by atoms with Gasteiger partial charge >= 0.3 is 0 Å². The summed E-state index contributed by atoms with van der Waals surface area (Å²) in [4.78, 5) is 0.481. The fourth-order valence-corrected chi connectivity index (χ4v) is 6.04. The predicted octanol–water partition coefficient (Wildman–Crippen LogP) is 3.06. The third-order valence-corrected chi connectivity index (χ3v) is 6.64. The second-order valence-corrected chi connectivity index (χ2v) is 7.52. The highest BCUT2D eigenvalue weighted by atomic mass is 79.9. The van der Waals surface area contributed by atoms with Crippen LogP contribution in [0.25, 0.3) is 0 Å². The summed E-state index contributed by atoms with van der Waals surface area (Å²) in [6.45, 7) is 4.80. The van der Waals surface area contributed by atoms with Crippen LogP contribution in [0.3, 0.4) is 0 Å². The Hall–Kier alpha value is -0.390. The van der Waals surface area contributed by atoms with Crippen molar-refractivity contribution in [2.75, 3.05) is 6.54 Å². The van der Waals surface area contributed by atoms with Crippen LogP contribution in [-0.4, -0.2) is 20.2 Å². The number of fused-ring (bicyclic) bond motifs is 1. The molecule has 2 unspecified atom stereocenters. The smallest absolute Gasteiger partial charge is 0.184 e. The lowest BCUT2D eigenvalue weighted by Gasteiger charge is -2.19. The molecule has 1 aliphatic rings. The van der Waals surface area contributed by atoms with Crippen molar-refractivity contribution >= 4 is 25.8 Å². The molecule has 1 heterocycles. The lowest BCUT2D eigenvalue weighted by atomic mass is 10.0. The highest BCUT2D eigenvalue weighted by molar-refractivity contribution is 9.10. The van der Waals surface area contributed by atoms with E-state index in [-0.39, 0.29) is 11.3 Å². The summed E-state index contributed by atoms with van der Waals surface area (Å²) in [6, 6.07) is 5.54. The quantitative estimate of drug-likeness (QED) is 0.922. The zero-order valence-electron chi connectivity index (χ0n) is 10.6. The zero-order valence-corrected chi connectivity index (χ0v) is 13.0. The highest BCUT2D eigenvalue weighted by Gasteiger charge is 2.44. The second-order valence-electron chi connectivity index (χ2n) is 4.57. The first-order valence-electron chi connectivity index (χ1n) is 6.29. The molecule has 0 aliphatic carbocycles.